The average molecular weight is 270 g/mol. The van der Waals surface area contributed by atoms with Crippen LogP contribution < -0.4 is 0 Å². The van der Waals surface area contributed by atoms with Crippen LogP contribution in [0, 0.1) is 13.8 Å². The molecule has 2 nitrogen and oxygen atoms in total. The van der Waals surface area contributed by atoms with Crippen LogP contribution in [-0.2, 0) is 0 Å². The van der Waals surface area contributed by atoms with Gasteiger partial charge in [-0.1, -0.05) is 23.2 Å². The quantitative estimate of drug-likeness (QED) is 0.453. The number of nitrogens with one attached hydrogen (secondary N) is 2. The van der Waals surface area contributed by atoms with Gasteiger partial charge in [-0.25, -0.2) is 0 Å². The number of aromatic nitrogens is 2. The van der Waals surface area contributed by atoms with Crippen molar-refractivity contribution in [3.05, 3.63) is 71.9 Å². The SMILES string of the molecule is Cc1ccc2[nH]ccc2c1.[2H]c1[nH]c2c([2H])c([2H])c(C([2H])([2H])[2H])c([2H])c2c1[2H]. The van der Waals surface area contributed by atoms with E-state index in [4.69, 9.17) is 11.0 Å². The third-order valence-corrected chi connectivity index (χ3v) is 2.90. The van der Waals surface area contributed by atoms with Crippen LogP contribution in [-0.4, -0.2) is 9.97 Å². The summed E-state index contributed by atoms with van der Waals surface area (Å²) in [4.78, 5) is 5.57. The van der Waals surface area contributed by atoms with Crippen LogP contribution in [0.5, 0.6) is 0 Å². The molecule has 2 aromatic heterocycles. The standard InChI is InChI=1S/2C9H9N/c2*1-7-2-3-9-8(6-7)4-5-10-9/h2*2-6,10H,1H3/i1D3,2D,3D,4D,5D,6D;. The van der Waals surface area contributed by atoms with Crippen LogP contribution in [0.3, 0.4) is 0 Å². The molecule has 0 fully saturated rings. The Morgan fingerprint density at radius 3 is 2.80 bits per heavy atom. The van der Waals surface area contributed by atoms with E-state index in [0.717, 1.165) is 0 Å². The van der Waals surface area contributed by atoms with Gasteiger partial charge in [-0.05, 0) is 60.9 Å². The minimum absolute atomic E-state index is 0.00648. The molecule has 0 unspecified atom stereocenters. The van der Waals surface area contributed by atoms with Crippen molar-refractivity contribution in [2.75, 3.05) is 0 Å². The van der Waals surface area contributed by atoms with E-state index in [-0.39, 0.29) is 23.1 Å². The summed E-state index contributed by atoms with van der Waals surface area (Å²) in [6, 6.07) is 6.70. The van der Waals surface area contributed by atoms with Gasteiger partial charge in [0.15, 0.2) is 0 Å². The van der Waals surface area contributed by atoms with E-state index in [1.807, 2.05) is 6.20 Å². The lowest BCUT2D eigenvalue weighted by atomic mass is 10.2. The number of aryl methyl sites for hydroxylation is 1. The molecule has 2 N–H and O–H groups in total. The zero-order chi connectivity index (χ0) is 20.8. The molecule has 20 heavy (non-hydrogen) atoms. The molecule has 0 aliphatic heterocycles. The van der Waals surface area contributed by atoms with Gasteiger partial charge in [-0.15, -0.1) is 0 Å². The molecule has 0 radical (unpaired) electrons. The molecule has 0 saturated heterocycles. The Balaban J connectivity index is 0.000000188. The minimum Gasteiger partial charge on any atom is -0.361 e. The fourth-order valence-electron chi connectivity index (χ4n) is 1.92. The average Bonchev–Trinajstić information content (AvgIpc) is 3.17. The van der Waals surface area contributed by atoms with Gasteiger partial charge in [0, 0.05) is 27.5 Å². The van der Waals surface area contributed by atoms with Crippen molar-refractivity contribution >= 4 is 21.8 Å². The Kier molecular flexibility index (Phi) is 1.66. The molecule has 4 rings (SSSR count). The van der Waals surface area contributed by atoms with Crippen molar-refractivity contribution in [1.82, 2.24) is 9.97 Å². The summed E-state index contributed by atoms with van der Waals surface area (Å²) in [6.45, 7) is -0.587. The molecule has 100 valence electrons. The molecule has 4 aromatic rings. The van der Waals surface area contributed by atoms with E-state index in [0.29, 0.717) is 0 Å². The van der Waals surface area contributed by atoms with Gasteiger partial charge < -0.3 is 9.97 Å². The number of benzene rings is 2. The van der Waals surface area contributed by atoms with Crippen LogP contribution in [0.15, 0.2) is 60.8 Å². The largest absolute Gasteiger partial charge is 0.361 e. The van der Waals surface area contributed by atoms with Crippen molar-refractivity contribution in [2.45, 2.75) is 13.8 Å². The van der Waals surface area contributed by atoms with Crippen molar-refractivity contribution in [2.24, 2.45) is 0 Å². The Morgan fingerprint density at radius 2 is 1.90 bits per heavy atom. The molecule has 0 bridgehead atoms. The number of fused-ring (bicyclic) bond motifs is 2. The summed E-state index contributed by atoms with van der Waals surface area (Å²) < 4.78 is 60.1. The fourth-order valence-corrected chi connectivity index (χ4v) is 1.92. The first kappa shape index (κ1) is 6.31. The van der Waals surface area contributed by atoms with Crippen molar-refractivity contribution < 1.29 is 11.0 Å². The molecular weight excluding hydrogens is 244 g/mol. The number of rotatable bonds is 0. The smallest absolute Gasteiger partial charge is 0.0816 e. The highest BCUT2D eigenvalue weighted by molar-refractivity contribution is 5.80. The van der Waals surface area contributed by atoms with E-state index in [1.165, 1.54) is 16.5 Å². The first-order valence-corrected chi connectivity index (χ1v) is 6.15. The van der Waals surface area contributed by atoms with Gasteiger partial charge in [0.1, 0.15) is 0 Å². The summed E-state index contributed by atoms with van der Waals surface area (Å²) in [6.07, 6.45) is 1.67. The lowest BCUT2D eigenvalue weighted by Gasteiger charge is -1.90. The van der Waals surface area contributed by atoms with E-state index in [1.54, 1.807) is 0 Å². The van der Waals surface area contributed by atoms with Gasteiger partial charge in [-0.3, -0.25) is 0 Å². The molecule has 0 saturated carbocycles. The maximum atomic E-state index is 7.80. The van der Waals surface area contributed by atoms with E-state index < -0.39 is 30.5 Å². The first-order chi connectivity index (χ1) is 13.0. The number of hydrogen-bond donors (Lipinski definition) is 2. The zero-order valence-electron chi connectivity index (χ0n) is 18.9. The fraction of sp³-hybridized carbons (Fsp3) is 0.111. The van der Waals surface area contributed by atoms with Crippen LogP contribution in [0.2, 0.25) is 0 Å². The van der Waals surface area contributed by atoms with Crippen LogP contribution >= 0.6 is 0 Å². The van der Waals surface area contributed by atoms with Crippen molar-refractivity contribution in [3.63, 3.8) is 0 Å². The lowest BCUT2D eigenvalue weighted by molar-refractivity contribution is 1.46. The number of H-pyrrole nitrogens is 2. The Hall–Kier alpha value is -2.48. The van der Waals surface area contributed by atoms with E-state index in [2.05, 4.69) is 41.2 Å². The van der Waals surface area contributed by atoms with Gasteiger partial charge in [0.25, 0.3) is 0 Å². The highest BCUT2D eigenvalue weighted by Gasteiger charge is 1.91. The van der Waals surface area contributed by atoms with Gasteiger partial charge in [0.05, 0.1) is 6.85 Å². The topological polar surface area (TPSA) is 31.6 Å². The summed E-state index contributed by atoms with van der Waals surface area (Å²) in [5, 5.41) is 1.20. The molecule has 0 spiro atoms. The Bertz CT molecular complexity index is 1170. The molecule has 0 aliphatic rings. The summed E-state index contributed by atoms with van der Waals surface area (Å²) in [5.74, 6) is 0. The highest BCUT2D eigenvalue weighted by atomic mass is 14.7. The van der Waals surface area contributed by atoms with Gasteiger partial charge in [0.2, 0.25) is 0 Å². The molecular formula is C18H18N2. The van der Waals surface area contributed by atoms with Crippen LogP contribution in [0.25, 0.3) is 21.8 Å². The second-order valence-corrected chi connectivity index (χ2v) is 4.44. The van der Waals surface area contributed by atoms with Gasteiger partial charge >= 0.3 is 0 Å². The van der Waals surface area contributed by atoms with E-state index >= 15 is 0 Å². The van der Waals surface area contributed by atoms with E-state index in [9.17, 15) is 0 Å². The van der Waals surface area contributed by atoms with Crippen molar-refractivity contribution in [1.29, 1.82) is 0 Å². The molecule has 0 atom stereocenters. The molecule has 0 amide bonds. The second kappa shape index (κ2) is 5.25. The molecule has 2 heteroatoms. The molecule has 0 aliphatic carbocycles. The second-order valence-electron chi connectivity index (χ2n) is 4.44. The molecule has 2 aromatic carbocycles. The van der Waals surface area contributed by atoms with Crippen LogP contribution in [0.4, 0.5) is 0 Å². The predicted molar refractivity (Wildman–Crippen MR) is 86.1 cm³/mol. The summed E-state index contributed by atoms with van der Waals surface area (Å²) in [7, 11) is 0. The summed E-state index contributed by atoms with van der Waals surface area (Å²) in [5.41, 5.74) is 1.97. The van der Waals surface area contributed by atoms with Gasteiger partial charge in [-0.2, -0.15) is 0 Å². The first-order valence-electron chi connectivity index (χ1n) is 10.1. The zero-order valence-corrected chi connectivity index (χ0v) is 10.9. The maximum absolute atomic E-state index is 7.80. The number of hydrogen-bond acceptors (Lipinski definition) is 0. The normalized spacial score (nSPS) is 16.9. The Morgan fingerprint density at radius 1 is 0.950 bits per heavy atom. The minimum atomic E-state index is -2.69. The highest BCUT2D eigenvalue weighted by Crippen LogP contribution is 2.13. The lowest BCUT2D eigenvalue weighted by Crippen LogP contribution is -1.69. The van der Waals surface area contributed by atoms with Crippen LogP contribution in [0.1, 0.15) is 22.1 Å². The number of aromatic amines is 2. The maximum Gasteiger partial charge on any atom is 0.0816 e. The third-order valence-electron chi connectivity index (χ3n) is 2.90. The van der Waals surface area contributed by atoms with Crippen molar-refractivity contribution in [3.8, 4) is 0 Å². The Labute approximate surface area is 129 Å². The predicted octanol–water partition coefficient (Wildman–Crippen LogP) is 4.95. The third kappa shape index (κ3) is 2.59. The molecule has 2 heterocycles. The monoisotopic (exact) mass is 270 g/mol. The summed E-state index contributed by atoms with van der Waals surface area (Å²) >= 11 is 0.